The van der Waals surface area contributed by atoms with Crippen LogP contribution in [0.2, 0.25) is 0 Å². The number of rotatable bonds is 5. The van der Waals surface area contributed by atoms with Gasteiger partial charge < -0.3 is 15.4 Å². The molecule has 0 atom stereocenters. The van der Waals surface area contributed by atoms with E-state index >= 15 is 0 Å². The number of hydrogen-bond donors (Lipinski definition) is 2. The Balaban J connectivity index is 1.75. The predicted molar refractivity (Wildman–Crippen MR) is 124 cm³/mol. The van der Waals surface area contributed by atoms with Gasteiger partial charge in [0, 0.05) is 22.9 Å². The average molecular weight is 482 g/mol. The van der Waals surface area contributed by atoms with Crippen molar-refractivity contribution in [3.8, 4) is 0 Å². The fourth-order valence-electron chi connectivity index (χ4n) is 2.83. The maximum absolute atomic E-state index is 12.8. The molecule has 158 valence electrons. The number of para-hydroxylation sites is 1. The van der Waals surface area contributed by atoms with E-state index in [4.69, 9.17) is 0 Å². The molecule has 0 spiro atoms. The highest BCUT2D eigenvalue weighted by Crippen LogP contribution is 2.22. The smallest absolute Gasteiger partial charge is 0.413 e. The van der Waals surface area contributed by atoms with E-state index < -0.39 is 6.09 Å². The van der Waals surface area contributed by atoms with Gasteiger partial charge in [0.25, 0.3) is 11.8 Å². The van der Waals surface area contributed by atoms with Gasteiger partial charge in [0.1, 0.15) is 0 Å². The monoisotopic (exact) mass is 481 g/mol. The molecule has 0 saturated carbocycles. The van der Waals surface area contributed by atoms with Crippen molar-refractivity contribution in [2.24, 2.45) is 0 Å². The summed E-state index contributed by atoms with van der Waals surface area (Å²) >= 11 is 3.36. The van der Waals surface area contributed by atoms with Crippen molar-refractivity contribution >= 4 is 50.9 Å². The minimum atomic E-state index is -0.494. The molecule has 31 heavy (non-hydrogen) atoms. The largest absolute Gasteiger partial charge is 0.452 e. The van der Waals surface area contributed by atoms with E-state index in [0.717, 1.165) is 0 Å². The van der Waals surface area contributed by atoms with E-state index in [1.165, 1.54) is 12.0 Å². The van der Waals surface area contributed by atoms with E-state index in [0.29, 0.717) is 32.7 Å². The number of methoxy groups -OCH3 is 1. The number of ether oxygens (including phenoxy) is 1. The fourth-order valence-corrected chi connectivity index (χ4v) is 3.30. The first kappa shape index (κ1) is 22.0. The molecule has 0 fully saturated rings. The summed E-state index contributed by atoms with van der Waals surface area (Å²) in [6.07, 6.45) is -0.494. The molecule has 0 aliphatic rings. The van der Waals surface area contributed by atoms with E-state index in [2.05, 4.69) is 31.3 Å². The lowest BCUT2D eigenvalue weighted by Gasteiger charge is -2.16. The summed E-state index contributed by atoms with van der Waals surface area (Å²) < 4.78 is 5.34. The number of nitrogens with zero attached hydrogens (tertiary/aromatic N) is 1. The van der Waals surface area contributed by atoms with Gasteiger partial charge in [-0.25, -0.2) is 4.79 Å². The van der Waals surface area contributed by atoms with Crippen LogP contribution in [0, 0.1) is 0 Å². The van der Waals surface area contributed by atoms with Gasteiger partial charge in [0.15, 0.2) is 0 Å². The SMILES string of the molecule is COC(=O)N(C)c1ccc(NC(=O)c2ccccc2NC(=O)c2ccccc2Br)cc1. The van der Waals surface area contributed by atoms with Crippen LogP contribution in [0.1, 0.15) is 20.7 Å². The summed E-state index contributed by atoms with van der Waals surface area (Å²) in [6.45, 7) is 0. The highest BCUT2D eigenvalue weighted by Gasteiger charge is 2.16. The van der Waals surface area contributed by atoms with E-state index in [9.17, 15) is 14.4 Å². The van der Waals surface area contributed by atoms with Crippen LogP contribution < -0.4 is 15.5 Å². The summed E-state index contributed by atoms with van der Waals surface area (Å²) in [5, 5.41) is 5.59. The Morgan fingerprint density at radius 2 is 1.39 bits per heavy atom. The quantitative estimate of drug-likeness (QED) is 0.526. The van der Waals surface area contributed by atoms with Crippen molar-refractivity contribution in [2.75, 3.05) is 29.7 Å². The van der Waals surface area contributed by atoms with Crippen molar-refractivity contribution in [1.29, 1.82) is 0 Å². The highest BCUT2D eigenvalue weighted by molar-refractivity contribution is 9.10. The molecule has 0 saturated heterocycles. The summed E-state index contributed by atoms with van der Waals surface area (Å²) in [5.41, 5.74) is 2.33. The van der Waals surface area contributed by atoms with Gasteiger partial charge in [-0.3, -0.25) is 14.5 Å². The maximum atomic E-state index is 12.8. The number of anilines is 3. The summed E-state index contributed by atoms with van der Waals surface area (Å²) in [7, 11) is 2.89. The molecule has 0 aliphatic heterocycles. The molecule has 0 heterocycles. The lowest BCUT2D eigenvalue weighted by Crippen LogP contribution is -2.25. The summed E-state index contributed by atoms with van der Waals surface area (Å²) in [5.74, 6) is -0.708. The van der Waals surface area contributed by atoms with Crippen LogP contribution in [0.15, 0.2) is 77.3 Å². The maximum Gasteiger partial charge on any atom is 0.413 e. The first-order valence-electron chi connectivity index (χ1n) is 9.28. The molecule has 0 aliphatic carbocycles. The number of benzene rings is 3. The van der Waals surface area contributed by atoms with Gasteiger partial charge in [-0.05, 0) is 64.5 Å². The Morgan fingerprint density at radius 3 is 2.03 bits per heavy atom. The zero-order chi connectivity index (χ0) is 22.4. The van der Waals surface area contributed by atoms with Crippen LogP contribution in [-0.2, 0) is 4.74 Å². The predicted octanol–water partition coefficient (Wildman–Crippen LogP) is 5.16. The molecule has 3 aromatic rings. The van der Waals surface area contributed by atoms with Gasteiger partial charge in [-0.15, -0.1) is 0 Å². The van der Waals surface area contributed by atoms with E-state index in [1.807, 2.05) is 6.07 Å². The first-order chi connectivity index (χ1) is 14.9. The standard InChI is InChI=1S/C23H20BrN3O4/c1-27(23(30)31-2)16-13-11-15(12-14-16)25-22(29)18-8-4-6-10-20(18)26-21(28)17-7-3-5-9-19(17)24/h3-14H,1-2H3,(H,25,29)(H,26,28). The third kappa shape index (κ3) is 5.29. The van der Waals surface area contributed by atoms with Crippen LogP contribution in [0.3, 0.4) is 0 Å². The second-order valence-corrected chi connectivity index (χ2v) is 7.36. The number of amides is 3. The third-order valence-corrected chi connectivity index (χ3v) is 5.19. The van der Waals surface area contributed by atoms with Crippen molar-refractivity contribution in [2.45, 2.75) is 0 Å². The number of nitrogens with one attached hydrogen (secondary N) is 2. The van der Waals surface area contributed by atoms with Crippen molar-refractivity contribution < 1.29 is 19.1 Å². The van der Waals surface area contributed by atoms with Gasteiger partial charge >= 0.3 is 6.09 Å². The van der Waals surface area contributed by atoms with Gasteiger partial charge in [0.05, 0.1) is 23.9 Å². The molecular weight excluding hydrogens is 462 g/mol. The first-order valence-corrected chi connectivity index (χ1v) is 10.1. The molecule has 0 unspecified atom stereocenters. The van der Waals surface area contributed by atoms with Crippen molar-refractivity contribution in [3.05, 3.63) is 88.4 Å². The lowest BCUT2D eigenvalue weighted by atomic mass is 10.1. The van der Waals surface area contributed by atoms with Gasteiger partial charge in [0.2, 0.25) is 0 Å². The van der Waals surface area contributed by atoms with Crippen LogP contribution in [0.25, 0.3) is 0 Å². The van der Waals surface area contributed by atoms with Crippen LogP contribution in [-0.4, -0.2) is 32.1 Å². The molecule has 3 amide bonds. The van der Waals surface area contributed by atoms with Crippen molar-refractivity contribution in [1.82, 2.24) is 0 Å². The molecule has 0 bridgehead atoms. The number of carbonyl (C=O) groups excluding carboxylic acids is 3. The third-order valence-electron chi connectivity index (χ3n) is 4.50. The molecule has 8 heteroatoms. The minimum absolute atomic E-state index is 0.318. The number of hydrogen-bond acceptors (Lipinski definition) is 4. The van der Waals surface area contributed by atoms with Gasteiger partial charge in [-0.2, -0.15) is 0 Å². The Kier molecular flexibility index (Phi) is 7.04. The molecule has 0 aromatic heterocycles. The van der Waals surface area contributed by atoms with Crippen molar-refractivity contribution in [3.63, 3.8) is 0 Å². The summed E-state index contributed by atoms with van der Waals surface area (Å²) in [6, 6.07) is 20.5. The van der Waals surface area contributed by atoms with Gasteiger partial charge in [-0.1, -0.05) is 24.3 Å². The zero-order valence-corrected chi connectivity index (χ0v) is 18.5. The normalized spacial score (nSPS) is 10.2. The number of halogens is 1. The van der Waals surface area contributed by atoms with Crippen LogP contribution in [0.5, 0.6) is 0 Å². The Bertz CT molecular complexity index is 1120. The highest BCUT2D eigenvalue weighted by atomic mass is 79.9. The van der Waals surface area contributed by atoms with E-state index in [-0.39, 0.29) is 11.8 Å². The molecule has 2 N–H and O–H groups in total. The van der Waals surface area contributed by atoms with Crippen LogP contribution in [0.4, 0.5) is 21.9 Å². The molecule has 3 rings (SSSR count). The average Bonchev–Trinajstić information content (AvgIpc) is 2.79. The second-order valence-electron chi connectivity index (χ2n) is 6.51. The molecular formula is C23H20BrN3O4. The number of carbonyl (C=O) groups is 3. The Morgan fingerprint density at radius 1 is 0.806 bits per heavy atom. The molecule has 7 nitrogen and oxygen atoms in total. The Hall–Kier alpha value is -3.65. The summed E-state index contributed by atoms with van der Waals surface area (Å²) in [4.78, 5) is 38.4. The topological polar surface area (TPSA) is 87.7 Å². The zero-order valence-electron chi connectivity index (χ0n) is 16.9. The van der Waals surface area contributed by atoms with E-state index in [1.54, 1.807) is 73.8 Å². The second kappa shape index (κ2) is 9.90. The minimum Gasteiger partial charge on any atom is -0.452 e. The fraction of sp³-hybridized carbons (Fsp3) is 0.0870. The lowest BCUT2D eigenvalue weighted by molar-refractivity contribution is 0.102. The molecule has 0 radical (unpaired) electrons. The van der Waals surface area contributed by atoms with Crippen LogP contribution >= 0.6 is 15.9 Å². The Labute approximate surface area is 188 Å². The molecule has 3 aromatic carbocycles.